The molecular weight excluding hydrogens is 452 g/mol. The van der Waals surface area contributed by atoms with Crippen molar-refractivity contribution in [3.63, 3.8) is 0 Å². The molecule has 1 unspecified atom stereocenters. The predicted molar refractivity (Wildman–Crippen MR) is 136 cm³/mol. The van der Waals surface area contributed by atoms with Crippen LogP contribution in [0.1, 0.15) is 28.8 Å². The van der Waals surface area contributed by atoms with Gasteiger partial charge in [0.05, 0.1) is 11.9 Å². The molecule has 1 fully saturated rings. The molecule has 36 heavy (non-hydrogen) atoms. The molecule has 2 aliphatic heterocycles. The summed E-state index contributed by atoms with van der Waals surface area (Å²) in [6, 6.07) is 23.8. The summed E-state index contributed by atoms with van der Waals surface area (Å²) in [5.41, 5.74) is 7.75. The molecule has 0 radical (unpaired) electrons. The first-order valence-electron chi connectivity index (χ1n) is 12.0. The number of imide groups is 1. The van der Waals surface area contributed by atoms with Gasteiger partial charge in [-0.3, -0.25) is 24.4 Å². The van der Waals surface area contributed by atoms with Crippen LogP contribution in [0.5, 0.6) is 0 Å². The van der Waals surface area contributed by atoms with Crippen molar-refractivity contribution in [1.29, 1.82) is 0 Å². The Kier molecular flexibility index (Phi) is 5.25. The first kappa shape index (κ1) is 22.0. The Labute approximate surface area is 208 Å². The van der Waals surface area contributed by atoms with E-state index in [0.29, 0.717) is 18.5 Å². The van der Waals surface area contributed by atoms with E-state index < -0.39 is 11.9 Å². The van der Waals surface area contributed by atoms with Crippen molar-refractivity contribution in [2.75, 3.05) is 0 Å². The molecule has 3 heterocycles. The zero-order valence-corrected chi connectivity index (χ0v) is 19.8. The average Bonchev–Trinajstić information content (AvgIpc) is 3.44. The third-order valence-corrected chi connectivity index (χ3v) is 7.04. The molecule has 4 aromatic rings. The van der Waals surface area contributed by atoms with Crippen molar-refractivity contribution in [3.8, 4) is 33.5 Å². The van der Waals surface area contributed by atoms with Gasteiger partial charge in [-0.2, -0.15) is 5.10 Å². The Morgan fingerprint density at radius 2 is 1.53 bits per heavy atom. The number of carbonyl (C=O) groups is 3. The van der Waals surface area contributed by atoms with Crippen LogP contribution in [0, 0.1) is 0 Å². The van der Waals surface area contributed by atoms with Crippen molar-refractivity contribution >= 4 is 17.7 Å². The number of fused-ring (bicyclic) bond motifs is 1. The molecule has 1 aromatic heterocycles. The predicted octanol–water partition coefficient (Wildman–Crippen LogP) is 4.18. The standard InChI is InChI=1S/C29H24N4O3/c1-32-27(20-9-7-19(8-10-20)18-5-3-2-4-6-18)24(16-30-32)21-11-12-23-22(15-21)17-33(29(23)36)25-13-14-26(34)31-28(25)35/h2-12,15-16,25H,13-14,17H2,1H3,(H,31,34,35). The first-order valence-corrected chi connectivity index (χ1v) is 12.0. The van der Waals surface area contributed by atoms with Crippen LogP contribution in [0.25, 0.3) is 33.5 Å². The molecule has 1 saturated heterocycles. The van der Waals surface area contributed by atoms with E-state index in [4.69, 9.17) is 0 Å². The Morgan fingerprint density at radius 1 is 0.833 bits per heavy atom. The van der Waals surface area contributed by atoms with Crippen LogP contribution in [0.2, 0.25) is 0 Å². The van der Waals surface area contributed by atoms with Gasteiger partial charge in [0, 0.05) is 36.7 Å². The van der Waals surface area contributed by atoms with Crippen LogP contribution in [-0.4, -0.2) is 38.4 Å². The highest BCUT2D eigenvalue weighted by Crippen LogP contribution is 2.36. The monoisotopic (exact) mass is 476 g/mol. The molecule has 1 N–H and O–H groups in total. The van der Waals surface area contributed by atoms with Gasteiger partial charge in [0.25, 0.3) is 5.91 Å². The lowest BCUT2D eigenvalue weighted by Crippen LogP contribution is -2.52. The average molecular weight is 477 g/mol. The summed E-state index contributed by atoms with van der Waals surface area (Å²) >= 11 is 0. The number of aromatic nitrogens is 2. The minimum atomic E-state index is -0.622. The number of nitrogens with one attached hydrogen (secondary N) is 1. The fourth-order valence-electron chi connectivity index (χ4n) is 5.18. The summed E-state index contributed by atoms with van der Waals surface area (Å²) in [7, 11) is 1.92. The Hall–Kier alpha value is -4.52. The molecule has 178 valence electrons. The van der Waals surface area contributed by atoms with E-state index in [1.807, 2.05) is 54.3 Å². The number of hydrogen-bond donors (Lipinski definition) is 1. The maximum absolute atomic E-state index is 13.1. The SMILES string of the molecule is Cn1ncc(-c2ccc3c(c2)CN(C2CCC(=O)NC2=O)C3=O)c1-c1ccc(-c2ccccc2)cc1. The molecule has 7 nitrogen and oxygen atoms in total. The third-order valence-electron chi connectivity index (χ3n) is 7.04. The Bertz CT molecular complexity index is 1510. The number of carbonyl (C=O) groups excluding carboxylic acids is 3. The highest BCUT2D eigenvalue weighted by molar-refractivity contribution is 6.05. The maximum atomic E-state index is 13.1. The van der Waals surface area contributed by atoms with Crippen molar-refractivity contribution in [2.45, 2.75) is 25.4 Å². The summed E-state index contributed by atoms with van der Waals surface area (Å²) < 4.78 is 1.86. The van der Waals surface area contributed by atoms with Gasteiger partial charge in [-0.05, 0) is 40.8 Å². The minimum Gasteiger partial charge on any atom is -0.322 e. The fraction of sp³-hybridized carbons (Fsp3) is 0.172. The quantitative estimate of drug-likeness (QED) is 0.448. The second kappa shape index (κ2) is 8.61. The zero-order chi connectivity index (χ0) is 24.8. The topological polar surface area (TPSA) is 84.3 Å². The van der Waals surface area contributed by atoms with Crippen LogP contribution < -0.4 is 5.32 Å². The van der Waals surface area contributed by atoms with Crippen molar-refractivity contribution in [1.82, 2.24) is 20.0 Å². The van der Waals surface area contributed by atoms with Gasteiger partial charge in [-0.25, -0.2) is 0 Å². The Balaban J connectivity index is 1.31. The number of piperidine rings is 1. The van der Waals surface area contributed by atoms with Crippen LogP contribution in [0.3, 0.4) is 0 Å². The smallest absolute Gasteiger partial charge is 0.255 e. The molecule has 0 aliphatic carbocycles. The van der Waals surface area contributed by atoms with Crippen LogP contribution in [0.15, 0.2) is 79.0 Å². The minimum absolute atomic E-state index is 0.172. The molecule has 3 aromatic carbocycles. The summed E-state index contributed by atoms with van der Waals surface area (Å²) in [5.74, 6) is -0.862. The highest BCUT2D eigenvalue weighted by Gasteiger charge is 2.39. The molecule has 3 amide bonds. The van der Waals surface area contributed by atoms with Crippen molar-refractivity contribution in [2.24, 2.45) is 7.05 Å². The molecule has 1 atom stereocenters. The van der Waals surface area contributed by atoms with Crippen LogP contribution in [-0.2, 0) is 23.2 Å². The van der Waals surface area contributed by atoms with E-state index in [1.54, 1.807) is 4.90 Å². The molecule has 2 aliphatic rings. The summed E-state index contributed by atoms with van der Waals surface area (Å²) in [5, 5.41) is 6.87. The zero-order valence-electron chi connectivity index (χ0n) is 19.8. The Morgan fingerprint density at radius 3 is 2.28 bits per heavy atom. The second-order valence-electron chi connectivity index (χ2n) is 9.25. The number of nitrogens with zero attached hydrogens (tertiary/aromatic N) is 3. The lowest BCUT2D eigenvalue weighted by molar-refractivity contribution is -0.136. The van der Waals surface area contributed by atoms with Crippen molar-refractivity contribution in [3.05, 3.63) is 90.1 Å². The van der Waals surface area contributed by atoms with Gasteiger partial charge in [-0.1, -0.05) is 60.7 Å². The molecule has 0 spiro atoms. The summed E-state index contributed by atoms with van der Waals surface area (Å²) in [4.78, 5) is 38.5. The molecule has 6 rings (SSSR count). The lowest BCUT2D eigenvalue weighted by Gasteiger charge is -2.29. The summed E-state index contributed by atoms with van der Waals surface area (Å²) in [6.45, 7) is 0.343. The molecular formula is C29H24N4O3. The largest absolute Gasteiger partial charge is 0.322 e. The van der Waals surface area contributed by atoms with Gasteiger partial charge < -0.3 is 4.90 Å². The number of amides is 3. The van der Waals surface area contributed by atoms with E-state index in [0.717, 1.165) is 39.1 Å². The van der Waals surface area contributed by atoms with Gasteiger partial charge in [-0.15, -0.1) is 0 Å². The van der Waals surface area contributed by atoms with Crippen molar-refractivity contribution < 1.29 is 14.4 Å². The van der Waals surface area contributed by atoms with Crippen LogP contribution >= 0.6 is 0 Å². The molecule has 7 heteroatoms. The highest BCUT2D eigenvalue weighted by atomic mass is 16.2. The van der Waals surface area contributed by atoms with Gasteiger partial charge in [0.15, 0.2) is 0 Å². The van der Waals surface area contributed by atoms with Crippen LogP contribution in [0.4, 0.5) is 0 Å². The van der Waals surface area contributed by atoms with E-state index in [-0.39, 0.29) is 18.2 Å². The normalized spacial score (nSPS) is 17.3. The third kappa shape index (κ3) is 3.69. The lowest BCUT2D eigenvalue weighted by atomic mass is 9.97. The maximum Gasteiger partial charge on any atom is 0.255 e. The van der Waals surface area contributed by atoms with E-state index >= 15 is 0 Å². The number of benzene rings is 3. The first-order chi connectivity index (χ1) is 17.5. The van der Waals surface area contributed by atoms with Gasteiger partial charge >= 0.3 is 0 Å². The molecule has 0 saturated carbocycles. The summed E-state index contributed by atoms with van der Waals surface area (Å²) in [6.07, 6.45) is 2.43. The van der Waals surface area contributed by atoms with E-state index in [9.17, 15) is 14.4 Å². The fourth-order valence-corrected chi connectivity index (χ4v) is 5.18. The van der Waals surface area contributed by atoms with E-state index in [1.165, 1.54) is 0 Å². The number of aryl methyl sites for hydroxylation is 1. The van der Waals surface area contributed by atoms with Gasteiger partial charge in [0.2, 0.25) is 11.8 Å². The number of hydrogen-bond acceptors (Lipinski definition) is 4. The number of rotatable bonds is 4. The van der Waals surface area contributed by atoms with Gasteiger partial charge in [0.1, 0.15) is 6.04 Å². The molecule has 0 bridgehead atoms. The van der Waals surface area contributed by atoms with E-state index in [2.05, 4.69) is 46.8 Å². The second-order valence-corrected chi connectivity index (χ2v) is 9.25.